The third-order valence-electron chi connectivity index (χ3n) is 8.68. The first-order valence-corrected chi connectivity index (χ1v) is 12.7. The topological polar surface area (TPSA) is 179 Å². The molecule has 1 aromatic rings. The number of amides is 1. The van der Waals surface area contributed by atoms with Crippen molar-refractivity contribution in [3.05, 3.63) is 28.8 Å². The third-order valence-corrected chi connectivity index (χ3v) is 8.68. The van der Waals surface area contributed by atoms with Crippen molar-refractivity contribution in [2.24, 2.45) is 28.4 Å². The molecule has 39 heavy (non-hydrogen) atoms. The molecular formula is C29H31N3O7. The van der Waals surface area contributed by atoms with E-state index < -0.39 is 63.3 Å². The molecule has 0 radical (unpaired) electrons. The summed E-state index contributed by atoms with van der Waals surface area (Å²) in [5, 5.41) is 31.3. The second-order valence-corrected chi connectivity index (χ2v) is 11.6. The Balaban J connectivity index is 1.90. The second kappa shape index (κ2) is 9.41. The quantitative estimate of drug-likeness (QED) is 0.285. The van der Waals surface area contributed by atoms with Crippen LogP contribution in [0.25, 0.3) is 0 Å². The van der Waals surface area contributed by atoms with Crippen LogP contribution >= 0.6 is 0 Å². The highest BCUT2D eigenvalue weighted by Crippen LogP contribution is 2.61. The van der Waals surface area contributed by atoms with E-state index >= 15 is 0 Å². The molecule has 0 aliphatic heterocycles. The zero-order valence-corrected chi connectivity index (χ0v) is 22.3. The van der Waals surface area contributed by atoms with Crippen molar-refractivity contribution in [2.75, 3.05) is 14.1 Å². The van der Waals surface area contributed by atoms with Gasteiger partial charge in [-0.15, -0.1) is 0 Å². The Morgan fingerprint density at radius 3 is 2.41 bits per heavy atom. The van der Waals surface area contributed by atoms with Crippen molar-refractivity contribution >= 4 is 29.0 Å². The number of hydrogen-bond acceptors (Lipinski definition) is 9. The monoisotopic (exact) mass is 533 g/mol. The number of benzene rings is 1. The number of aromatic hydroxyl groups is 1. The lowest BCUT2D eigenvalue weighted by Gasteiger charge is -2.61. The van der Waals surface area contributed by atoms with Crippen LogP contribution in [-0.2, 0) is 25.6 Å². The van der Waals surface area contributed by atoms with Crippen LogP contribution in [0, 0.1) is 45.8 Å². The molecule has 10 heteroatoms. The average molecular weight is 534 g/mol. The summed E-state index contributed by atoms with van der Waals surface area (Å²) in [5.74, 6) is -3.16. The fraction of sp³-hybridized carbons (Fsp3) is 0.517. The highest BCUT2D eigenvalue weighted by atomic mass is 16.3. The van der Waals surface area contributed by atoms with E-state index in [0.29, 0.717) is 30.4 Å². The van der Waals surface area contributed by atoms with Crippen molar-refractivity contribution < 1.29 is 34.2 Å². The van der Waals surface area contributed by atoms with Gasteiger partial charge < -0.3 is 15.9 Å². The van der Waals surface area contributed by atoms with Crippen molar-refractivity contribution in [1.82, 2.24) is 4.90 Å². The van der Waals surface area contributed by atoms with Gasteiger partial charge in [0.2, 0.25) is 5.91 Å². The lowest BCUT2D eigenvalue weighted by atomic mass is 9.42. The number of unbranched alkanes of at least 4 members (excludes halogenated alkanes) is 2. The van der Waals surface area contributed by atoms with E-state index in [4.69, 9.17) is 11.0 Å². The Morgan fingerprint density at radius 2 is 1.82 bits per heavy atom. The maximum absolute atomic E-state index is 14.2. The molecule has 4 N–H and O–H groups in total. The van der Waals surface area contributed by atoms with Crippen LogP contribution in [-0.4, -0.2) is 69.9 Å². The van der Waals surface area contributed by atoms with Crippen molar-refractivity contribution in [3.63, 3.8) is 0 Å². The Kier molecular flexibility index (Phi) is 6.79. The first kappa shape index (κ1) is 28.2. The third kappa shape index (κ3) is 3.82. The van der Waals surface area contributed by atoms with E-state index in [1.807, 2.05) is 0 Å². The summed E-state index contributed by atoms with van der Waals surface area (Å²) in [6, 6.07) is 3.72. The predicted octanol–water partition coefficient (Wildman–Crippen LogP) is 0.693. The highest BCUT2D eigenvalue weighted by molar-refractivity contribution is 6.33. The zero-order valence-electron chi connectivity index (χ0n) is 22.3. The number of phenolic OH excluding ortho intramolecular Hbond substituents is 1. The molecule has 10 nitrogen and oxygen atoms in total. The normalized spacial score (nSPS) is 33.4. The van der Waals surface area contributed by atoms with Gasteiger partial charge in [0.15, 0.2) is 34.7 Å². The first-order chi connectivity index (χ1) is 18.2. The molecule has 6 atom stereocenters. The number of nitriles is 1. The SMILES string of the molecule is CN(C)[C@@H]1C(=O)C(C(N)=O)C(=O)[C@@]2(O)C(=O)C3C(=O)c4c(O)ccc(C#CCCCC#N)c4C[C@@]3(C)C[C@@]12C. The molecule has 3 aliphatic rings. The maximum Gasteiger partial charge on any atom is 0.235 e. The number of rotatable bonds is 4. The lowest BCUT2D eigenvalue weighted by molar-refractivity contribution is -0.203. The molecule has 0 heterocycles. The number of nitrogens with zero attached hydrogens (tertiary/aromatic N) is 2. The van der Waals surface area contributed by atoms with Gasteiger partial charge in [0.1, 0.15) is 5.75 Å². The lowest BCUT2D eigenvalue weighted by Crippen LogP contribution is -2.79. The molecule has 1 amide bonds. The Morgan fingerprint density at radius 1 is 1.15 bits per heavy atom. The van der Waals surface area contributed by atoms with Crippen LogP contribution < -0.4 is 5.73 Å². The van der Waals surface area contributed by atoms with Gasteiger partial charge in [-0.2, -0.15) is 5.26 Å². The van der Waals surface area contributed by atoms with Crippen molar-refractivity contribution in [2.45, 2.75) is 57.6 Å². The van der Waals surface area contributed by atoms with Crippen LogP contribution in [0.15, 0.2) is 12.1 Å². The van der Waals surface area contributed by atoms with Gasteiger partial charge in [0, 0.05) is 23.8 Å². The fourth-order valence-corrected chi connectivity index (χ4v) is 7.25. The van der Waals surface area contributed by atoms with E-state index in [2.05, 4.69) is 17.9 Å². The van der Waals surface area contributed by atoms with Gasteiger partial charge in [-0.25, -0.2) is 0 Å². The van der Waals surface area contributed by atoms with Gasteiger partial charge in [0.05, 0.1) is 23.6 Å². The Hall–Kier alpha value is -3.86. The van der Waals surface area contributed by atoms with E-state index in [0.717, 1.165) is 0 Å². The summed E-state index contributed by atoms with van der Waals surface area (Å²) < 4.78 is 0. The van der Waals surface area contributed by atoms with Gasteiger partial charge in [0.25, 0.3) is 0 Å². The summed E-state index contributed by atoms with van der Waals surface area (Å²) in [6.07, 6.45) is 1.40. The number of phenols is 1. The van der Waals surface area contributed by atoms with Gasteiger partial charge in [-0.1, -0.05) is 25.7 Å². The molecule has 2 saturated carbocycles. The van der Waals surface area contributed by atoms with Crippen molar-refractivity contribution in [3.8, 4) is 23.7 Å². The van der Waals surface area contributed by atoms with Crippen LogP contribution in [0.4, 0.5) is 0 Å². The van der Waals surface area contributed by atoms with Crippen LogP contribution in [0.3, 0.4) is 0 Å². The largest absolute Gasteiger partial charge is 0.507 e. The van der Waals surface area contributed by atoms with Gasteiger partial charge >= 0.3 is 0 Å². The summed E-state index contributed by atoms with van der Waals surface area (Å²) in [6.45, 7) is 3.15. The highest BCUT2D eigenvalue weighted by Gasteiger charge is 2.76. The minimum absolute atomic E-state index is 0.0887. The van der Waals surface area contributed by atoms with Crippen LogP contribution in [0.2, 0.25) is 0 Å². The number of ketones is 4. The molecule has 2 fully saturated rings. The molecule has 4 rings (SSSR count). The van der Waals surface area contributed by atoms with Crippen LogP contribution in [0.1, 0.15) is 61.0 Å². The van der Waals surface area contributed by atoms with Crippen LogP contribution in [0.5, 0.6) is 5.75 Å². The summed E-state index contributed by atoms with van der Waals surface area (Å²) in [4.78, 5) is 68.7. The second-order valence-electron chi connectivity index (χ2n) is 11.6. The molecule has 3 aliphatic carbocycles. The van der Waals surface area contributed by atoms with E-state index in [-0.39, 0.29) is 24.2 Å². The summed E-state index contributed by atoms with van der Waals surface area (Å²) >= 11 is 0. The number of primary amides is 1. The minimum Gasteiger partial charge on any atom is -0.507 e. The Bertz CT molecular complexity index is 1430. The summed E-state index contributed by atoms with van der Waals surface area (Å²) in [7, 11) is 3.08. The number of aliphatic hydroxyl groups is 1. The molecule has 2 unspecified atom stereocenters. The average Bonchev–Trinajstić information content (AvgIpc) is 2.82. The van der Waals surface area contributed by atoms with E-state index in [9.17, 15) is 34.2 Å². The number of fused-ring (bicyclic) bond motifs is 3. The standard InChI is InChI=1S/C29H31N3O7/c1-27-13-16-15(9-7-5-6-8-12-30)10-11-17(33)18(16)21(34)20(27)25(37)29(39)24(36)19(26(31)38)22(35)23(32(3)4)28(29,2)14-27/h10-11,19-20,23,33,39H,5-6,8,13-14H2,1-4H3,(H2,31,38)/t19?,20?,23-,27+,28+,29-/m1/s1. The fourth-order valence-electron chi connectivity index (χ4n) is 7.25. The predicted molar refractivity (Wildman–Crippen MR) is 137 cm³/mol. The number of carbonyl (C=O) groups excluding carboxylic acids is 5. The molecule has 0 saturated heterocycles. The smallest absolute Gasteiger partial charge is 0.235 e. The minimum atomic E-state index is -2.83. The van der Waals surface area contributed by atoms with E-state index in [1.54, 1.807) is 27.1 Å². The number of Topliss-reactive ketones (excluding diaryl/α,β-unsaturated/α-hetero) is 4. The maximum atomic E-state index is 14.2. The molecule has 0 aromatic heterocycles. The van der Waals surface area contributed by atoms with E-state index in [1.165, 1.54) is 17.9 Å². The molecular weight excluding hydrogens is 502 g/mol. The Labute approximate surface area is 226 Å². The number of likely N-dealkylation sites (N-methyl/N-ethyl adjacent to an activating group) is 1. The van der Waals surface area contributed by atoms with Crippen molar-refractivity contribution in [1.29, 1.82) is 5.26 Å². The molecule has 1 aromatic carbocycles. The number of nitrogens with two attached hydrogens (primary N) is 1. The first-order valence-electron chi connectivity index (χ1n) is 12.7. The molecule has 204 valence electrons. The zero-order chi connectivity index (χ0) is 29.1. The molecule has 0 spiro atoms. The van der Waals surface area contributed by atoms with Gasteiger partial charge in [-0.05, 0) is 56.5 Å². The number of carbonyl (C=O) groups is 5. The van der Waals surface area contributed by atoms with Gasteiger partial charge in [-0.3, -0.25) is 28.9 Å². The summed E-state index contributed by atoms with van der Waals surface area (Å²) in [5.41, 5.74) is 0.542. The number of hydrogen-bond donors (Lipinski definition) is 3. The molecule has 0 bridgehead atoms.